The highest BCUT2D eigenvalue weighted by atomic mass is 32.2. The van der Waals surface area contributed by atoms with E-state index in [1.807, 2.05) is 4.72 Å². The average molecular weight is 432 g/mol. The predicted octanol–water partition coefficient (Wildman–Crippen LogP) is 2.30. The van der Waals surface area contributed by atoms with E-state index >= 15 is 0 Å². The van der Waals surface area contributed by atoms with Gasteiger partial charge >= 0.3 is 0 Å². The second kappa shape index (κ2) is 8.63. The maximum atomic E-state index is 13.5. The van der Waals surface area contributed by atoms with Crippen LogP contribution in [0.15, 0.2) is 34.5 Å². The molecule has 0 spiro atoms. The number of carbonyl (C=O) groups excluding carboxylic acids is 1. The molecule has 1 aromatic heterocycles. The first-order valence-corrected chi connectivity index (χ1v) is 10.5. The van der Waals surface area contributed by atoms with Gasteiger partial charge in [-0.25, -0.2) is 12.8 Å². The largest absolute Gasteiger partial charge is 0.493 e. The summed E-state index contributed by atoms with van der Waals surface area (Å²) in [7, 11) is -3.85. The van der Waals surface area contributed by atoms with Crippen LogP contribution in [0, 0.1) is 5.82 Å². The maximum absolute atomic E-state index is 13.5. The van der Waals surface area contributed by atoms with E-state index in [0.29, 0.717) is 11.5 Å². The number of halogens is 1. The minimum atomic E-state index is -3.85. The lowest BCUT2D eigenvalue weighted by Gasteiger charge is -2.15. The molecule has 0 fully saturated rings. The van der Waals surface area contributed by atoms with Crippen LogP contribution in [0.25, 0.3) is 0 Å². The van der Waals surface area contributed by atoms with Gasteiger partial charge in [-0.05, 0) is 56.4 Å². The number of benzene rings is 1. The summed E-state index contributed by atoms with van der Waals surface area (Å²) in [5, 5.41) is 2.34. The molecular weight excluding hydrogens is 413 g/mol. The molecule has 0 saturated heterocycles. The highest BCUT2D eigenvalue weighted by Crippen LogP contribution is 2.27. The molecule has 0 radical (unpaired) electrons. The van der Waals surface area contributed by atoms with Gasteiger partial charge in [0, 0.05) is 4.88 Å². The summed E-state index contributed by atoms with van der Waals surface area (Å²) in [5.74, 6) is -0.840. The molecule has 1 heterocycles. The number of thiophene rings is 1. The number of nitrogens with one attached hydrogen (secondary N) is 2. The van der Waals surface area contributed by atoms with Crippen LogP contribution in [0.2, 0.25) is 0 Å². The first-order valence-electron chi connectivity index (χ1n) is 7.79. The molecule has 7 nitrogen and oxygen atoms in total. The van der Waals surface area contributed by atoms with Gasteiger partial charge < -0.3 is 15.8 Å². The van der Waals surface area contributed by atoms with Crippen LogP contribution in [0.1, 0.15) is 35.1 Å². The van der Waals surface area contributed by atoms with Crippen LogP contribution in [-0.4, -0.2) is 26.0 Å². The summed E-state index contributed by atoms with van der Waals surface area (Å²) >= 11 is 5.51. The second-order valence-corrected chi connectivity index (χ2v) is 8.86. The summed E-state index contributed by atoms with van der Waals surface area (Å²) in [6.07, 6.45) is 0. The van der Waals surface area contributed by atoms with Gasteiger partial charge in [-0.15, -0.1) is 11.3 Å². The zero-order valence-electron chi connectivity index (χ0n) is 14.5. The van der Waals surface area contributed by atoms with Crippen molar-refractivity contribution in [3.8, 4) is 5.75 Å². The Balaban J connectivity index is 2.19. The minimum absolute atomic E-state index is 0.00663. The fourth-order valence-electron chi connectivity index (χ4n) is 2.20. The second-order valence-electron chi connectivity index (χ2n) is 5.40. The molecule has 11 heteroatoms. The highest BCUT2D eigenvalue weighted by Gasteiger charge is 2.21. The third-order valence-electron chi connectivity index (χ3n) is 3.36. The van der Waals surface area contributed by atoms with E-state index in [9.17, 15) is 17.6 Å². The molecule has 1 atom stereocenters. The first-order chi connectivity index (χ1) is 12.6. The topological polar surface area (TPSA) is 111 Å². The van der Waals surface area contributed by atoms with Crippen LogP contribution in [0.5, 0.6) is 5.75 Å². The van der Waals surface area contributed by atoms with E-state index in [1.165, 1.54) is 18.2 Å². The Morgan fingerprint density at radius 1 is 1.37 bits per heavy atom. The molecule has 0 aliphatic carbocycles. The van der Waals surface area contributed by atoms with Gasteiger partial charge in [-0.3, -0.25) is 9.52 Å². The molecule has 0 saturated carbocycles. The summed E-state index contributed by atoms with van der Waals surface area (Å²) in [6, 6.07) is 6.11. The Kier molecular flexibility index (Phi) is 6.73. The van der Waals surface area contributed by atoms with E-state index in [1.54, 1.807) is 19.9 Å². The normalized spacial score (nSPS) is 12.3. The maximum Gasteiger partial charge on any atom is 0.273 e. The Morgan fingerprint density at radius 2 is 2.07 bits per heavy atom. The van der Waals surface area contributed by atoms with Gasteiger partial charge in [0.1, 0.15) is 15.8 Å². The van der Waals surface area contributed by atoms with Crippen molar-refractivity contribution in [2.24, 2.45) is 5.73 Å². The third kappa shape index (κ3) is 5.37. The van der Waals surface area contributed by atoms with E-state index in [-0.39, 0.29) is 20.6 Å². The molecule has 0 aliphatic heterocycles. The lowest BCUT2D eigenvalue weighted by molar-refractivity contribution is 0.0936. The van der Waals surface area contributed by atoms with Crippen LogP contribution < -0.4 is 20.5 Å². The number of carbonyl (C=O) groups is 1. The predicted molar refractivity (Wildman–Crippen MR) is 105 cm³/mol. The number of thiocarbonyl (C=S) groups is 1. The summed E-state index contributed by atoms with van der Waals surface area (Å²) in [6.45, 7) is 3.76. The summed E-state index contributed by atoms with van der Waals surface area (Å²) in [4.78, 5) is 13.1. The Bertz CT molecular complexity index is 960. The fourth-order valence-corrected chi connectivity index (χ4v) is 4.74. The summed E-state index contributed by atoms with van der Waals surface area (Å²) < 4.78 is 45.0. The van der Waals surface area contributed by atoms with Crippen molar-refractivity contribution in [1.82, 2.24) is 10.0 Å². The van der Waals surface area contributed by atoms with Crippen LogP contribution >= 0.6 is 23.6 Å². The van der Waals surface area contributed by atoms with Crippen molar-refractivity contribution in [2.75, 3.05) is 6.61 Å². The minimum Gasteiger partial charge on any atom is -0.493 e. The van der Waals surface area contributed by atoms with E-state index in [2.05, 4.69) is 17.5 Å². The van der Waals surface area contributed by atoms with Gasteiger partial charge in [0.15, 0.2) is 5.11 Å². The van der Waals surface area contributed by atoms with Crippen LogP contribution in [0.3, 0.4) is 0 Å². The summed E-state index contributed by atoms with van der Waals surface area (Å²) in [5.41, 5.74) is 5.27. The molecule has 0 aliphatic rings. The van der Waals surface area contributed by atoms with E-state index < -0.39 is 27.8 Å². The van der Waals surface area contributed by atoms with Crippen molar-refractivity contribution < 1.29 is 22.3 Å². The molecule has 4 N–H and O–H groups in total. The average Bonchev–Trinajstić information content (AvgIpc) is 3.06. The van der Waals surface area contributed by atoms with Crippen molar-refractivity contribution in [1.29, 1.82) is 0 Å². The molecule has 1 amide bonds. The lowest BCUT2D eigenvalue weighted by Crippen LogP contribution is -2.34. The number of hydrogen-bond donors (Lipinski definition) is 3. The van der Waals surface area contributed by atoms with Gasteiger partial charge in [-0.2, -0.15) is 0 Å². The third-order valence-corrected chi connectivity index (χ3v) is 6.72. The zero-order valence-corrected chi connectivity index (χ0v) is 16.9. The molecular formula is C16H18FN3O4S3. The van der Waals surface area contributed by atoms with E-state index in [0.717, 1.165) is 17.4 Å². The van der Waals surface area contributed by atoms with Crippen molar-refractivity contribution >= 4 is 44.6 Å². The molecule has 2 aromatic rings. The van der Waals surface area contributed by atoms with Crippen molar-refractivity contribution in [2.45, 2.75) is 24.1 Å². The van der Waals surface area contributed by atoms with Crippen LogP contribution in [-0.2, 0) is 10.0 Å². The highest BCUT2D eigenvalue weighted by molar-refractivity contribution is 7.93. The van der Waals surface area contributed by atoms with E-state index in [4.69, 9.17) is 10.5 Å². The molecule has 2 rings (SSSR count). The number of nitrogens with two attached hydrogens (primary N) is 1. The number of hydrogen-bond acceptors (Lipinski definition) is 6. The molecule has 1 unspecified atom stereocenters. The number of ether oxygens (including phenoxy) is 1. The number of rotatable bonds is 7. The SMILES string of the molecule is CCOc1ccc(F)cc1C(=O)NC(C)c1ccc(S(=O)(=O)NC(N)=S)s1. The van der Waals surface area contributed by atoms with Gasteiger partial charge in [0.05, 0.1) is 18.2 Å². The fraction of sp³-hybridized carbons (Fsp3) is 0.250. The first kappa shape index (κ1) is 21.1. The Hall–Kier alpha value is -2.24. The Labute approximate surface area is 165 Å². The monoisotopic (exact) mass is 431 g/mol. The van der Waals surface area contributed by atoms with Gasteiger partial charge in [0.2, 0.25) is 0 Å². The van der Waals surface area contributed by atoms with Crippen LogP contribution in [0.4, 0.5) is 4.39 Å². The molecule has 1 aromatic carbocycles. The lowest BCUT2D eigenvalue weighted by atomic mass is 10.1. The smallest absolute Gasteiger partial charge is 0.273 e. The van der Waals surface area contributed by atoms with Crippen molar-refractivity contribution in [3.63, 3.8) is 0 Å². The van der Waals surface area contributed by atoms with Gasteiger partial charge in [0.25, 0.3) is 15.9 Å². The number of amides is 1. The Morgan fingerprint density at radius 3 is 2.70 bits per heavy atom. The quantitative estimate of drug-likeness (QED) is 0.580. The molecule has 0 bridgehead atoms. The van der Waals surface area contributed by atoms with Gasteiger partial charge in [-0.1, -0.05) is 0 Å². The molecule has 146 valence electrons. The number of sulfonamides is 1. The zero-order chi connectivity index (χ0) is 20.2. The standard InChI is InChI=1S/C16H18FN3O4S3/c1-3-24-12-5-4-10(17)8-11(12)15(21)19-9(2)13-6-7-14(26-13)27(22,23)20-16(18)25/h4-9H,3H2,1-2H3,(H,19,21)(H3,18,20,25). The molecule has 27 heavy (non-hydrogen) atoms. The van der Waals surface area contributed by atoms with Crippen molar-refractivity contribution in [3.05, 3.63) is 46.6 Å².